The molecule has 1 heterocycles. The Morgan fingerprint density at radius 3 is 2.73 bits per heavy atom. The van der Waals surface area contributed by atoms with Crippen LogP contribution in [0.1, 0.15) is 11.1 Å². The van der Waals surface area contributed by atoms with Gasteiger partial charge in [-0.1, -0.05) is 17.7 Å². The summed E-state index contributed by atoms with van der Waals surface area (Å²) in [5.74, 6) is 0.613. The lowest BCUT2D eigenvalue weighted by atomic mass is 9.99. The van der Waals surface area contributed by atoms with Crippen molar-refractivity contribution in [2.75, 3.05) is 18.9 Å². The molecule has 2 aromatic carbocycles. The Bertz CT molecular complexity index is 686. The van der Waals surface area contributed by atoms with E-state index in [0.29, 0.717) is 23.9 Å². The SMILES string of the molecule is Nc1ccc2c(c1)CN(C(=O)COc1ccc(Cl)cc1)CC2. The molecule has 1 aliphatic heterocycles. The summed E-state index contributed by atoms with van der Waals surface area (Å²) in [5, 5.41) is 0.643. The van der Waals surface area contributed by atoms with Gasteiger partial charge < -0.3 is 15.4 Å². The highest BCUT2D eigenvalue weighted by molar-refractivity contribution is 6.30. The Hall–Kier alpha value is -2.20. The van der Waals surface area contributed by atoms with Gasteiger partial charge in [-0.05, 0) is 53.9 Å². The summed E-state index contributed by atoms with van der Waals surface area (Å²) in [6.45, 7) is 1.32. The van der Waals surface area contributed by atoms with E-state index in [2.05, 4.69) is 0 Å². The number of benzene rings is 2. The molecule has 2 N–H and O–H groups in total. The monoisotopic (exact) mass is 316 g/mol. The highest BCUT2D eigenvalue weighted by Crippen LogP contribution is 2.22. The average Bonchev–Trinajstić information content (AvgIpc) is 2.53. The van der Waals surface area contributed by atoms with E-state index in [1.54, 1.807) is 29.2 Å². The standard InChI is InChI=1S/C17H17ClN2O2/c18-14-2-5-16(6-3-14)22-11-17(21)20-8-7-12-1-4-15(19)9-13(12)10-20/h1-6,9H,7-8,10-11,19H2. The van der Waals surface area contributed by atoms with Gasteiger partial charge in [-0.2, -0.15) is 0 Å². The molecule has 114 valence electrons. The molecule has 2 aromatic rings. The molecule has 22 heavy (non-hydrogen) atoms. The number of amides is 1. The zero-order chi connectivity index (χ0) is 15.5. The molecule has 0 fully saturated rings. The minimum atomic E-state index is -0.0250. The minimum absolute atomic E-state index is 0.0250. The van der Waals surface area contributed by atoms with Gasteiger partial charge in [0.15, 0.2) is 6.61 Å². The fourth-order valence-corrected chi connectivity index (χ4v) is 2.68. The van der Waals surface area contributed by atoms with E-state index in [0.717, 1.165) is 17.7 Å². The van der Waals surface area contributed by atoms with Crippen molar-refractivity contribution in [3.05, 3.63) is 58.6 Å². The van der Waals surface area contributed by atoms with Crippen LogP contribution in [0.2, 0.25) is 5.02 Å². The number of nitrogens with zero attached hydrogens (tertiary/aromatic N) is 1. The summed E-state index contributed by atoms with van der Waals surface area (Å²) in [7, 11) is 0. The zero-order valence-electron chi connectivity index (χ0n) is 12.1. The Morgan fingerprint density at radius 1 is 1.18 bits per heavy atom. The first-order valence-corrected chi connectivity index (χ1v) is 7.53. The average molecular weight is 317 g/mol. The van der Waals surface area contributed by atoms with Crippen LogP contribution in [0.15, 0.2) is 42.5 Å². The summed E-state index contributed by atoms with van der Waals surface area (Å²) in [4.78, 5) is 14.1. The molecule has 0 saturated heterocycles. The molecule has 0 radical (unpaired) electrons. The molecule has 0 unspecified atom stereocenters. The fourth-order valence-electron chi connectivity index (χ4n) is 2.56. The van der Waals surface area contributed by atoms with Crippen molar-refractivity contribution in [1.29, 1.82) is 0 Å². The third kappa shape index (κ3) is 3.34. The van der Waals surface area contributed by atoms with Gasteiger partial charge in [-0.25, -0.2) is 0 Å². The Kier molecular flexibility index (Phi) is 4.20. The zero-order valence-corrected chi connectivity index (χ0v) is 12.8. The predicted octanol–water partition coefficient (Wildman–Crippen LogP) is 2.89. The van der Waals surface area contributed by atoms with E-state index >= 15 is 0 Å². The molecule has 4 nitrogen and oxygen atoms in total. The van der Waals surface area contributed by atoms with E-state index in [1.165, 1.54) is 5.56 Å². The van der Waals surface area contributed by atoms with Gasteiger partial charge in [0.25, 0.3) is 5.91 Å². The van der Waals surface area contributed by atoms with Crippen molar-refractivity contribution in [3.8, 4) is 5.75 Å². The van der Waals surface area contributed by atoms with E-state index in [9.17, 15) is 4.79 Å². The minimum Gasteiger partial charge on any atom is -0.484 e. The first kappa shape index (κ1) is 14.7. The van der Waals surface area contributed by atoms with Gasteiger partial charge in [0.05, 0.1) is 0 Å². The molecule has 0 atom stereocenters. The number of hydrogen-bond donors (Lipinski definition) is 1. The lowest BCUT2D eigenvalue weighted by Gasteiger charge is -2.29. The Morgan fingerprint density at radius 2 is 1.95 bits per heavy atom. The number of fused-ring (bicyclic) bond motifs is 1. The van der Waals surface area contributed by atoms with Crippen LogP contribution in [-0.4, -0.2) is 24.0 Å². The number of nitrogens with two attached hydrogens (primary N) is 1. The molecule has 3 rings (SSSR count). The third-order valence-corrected chi connectivity index (χ3v) is 4.02. The summed E-state index contributed by atoms with van der Waals surface area (Å²) < 4.78 is 5.51. The summed E-state index contributed by atoms with van der Waals surface area (Å²) in [6, 6.07) is 12.9. The van der Waals surface area contributed by atoms with E-state index in [1.807, 2.05) is 18.2 Å². The number of carbonyl (C=O) groups excluding carboxylic acids is 1. The highest BCUT2D eigenvalue weighted by Gasteiger charge is 2.21. The molecule has 0 bridgehead atoms. The van der Waals surface area contributed by atoms with E-state index in [-0.39, 0.29) is 12.5 Å². The first-order chi connectivity index (χ1) is 10.6. The maximum absolute atomic E-state index is 12.3. The lowest BCUT2D eigenvalue weighted by molar-refractivity contribution is -0.134. The highest BCUT2D eigenvalue weighted by atomic mass is 35.5. The van der Waals surface area contributed by atoms with Crippen molar-refractivity contribution in [2.45, 2.75) is 13.0 Å². The van der Waals surface area contributed by atoms with Crippen LogP contribution < -0.4 is 10.5 Å². The summed E-state index contributed by atoms with van der Waals surface area (Å²) in [5.41, 5.74) is 8.92. The summed E-state index contributed by atoms with van der Waals surface area (Å²) >= 11 is 5.82. The van der Waals surface area contributed by atoms with Crippen molar-refractivity contribution in [3.63, 3.8) is 0 Å². The molecule has 1 amide bonds. The van der Waals surface area contributed by atoms with Gasteiger partial charge in [-0.15, -0.1) is 0 Å². The topological polar surface area (TPSA) is 55.6 Å². The van der Waals surface area contributed by atoms with Crippen LogP contribution in [0.5, 0.6) is 5.75 Å². The van der Waals surface area contributed by atoms with Gasteiger partial charge >= 0.3 is 0 Å². The Balaban J connectivity index is 1.60. The van der Waals surface area contributed by atoms with Gasteiger partial charge in [0, 0.05) is 23.8 Å². The van der Waals surface area contributed by atoms with Crippen LogP contribution in [-0.2, 0) is 17.8 Å². The third-order valence-electron chi connectivity index (χ3n) is 3.77. The van der Waals surface area contributed by atoms with Gasteiger partial charge in [-0.3, -0.25) is 4.79 Å². The predicted molar refractivity (Wildman–Crippen MR) is 86.9 cm³/mol. The Labute approximate surface area is 134 Å². The maximum Gasteiger partial charge on any atom is 0.260 e. The number of nitrogen functional groups attached to an aromatic ring is 1. The molecule has 0 spiro atoms. The van der Waals surface area contributed by atoms with Crippen molar-refractivity contribution < 1.29 is 9.53 Å². The van der Waals surface area contributed by atoms with Crippen LogP contribution in [0.25, 0.3) is 0 Å². The molecule has 0 aliphatic carbocycles. The number of anilines is 1. The molecule has 5 heteroatoms. The molecular formula is C17H17ClN2O2. The number of carbonyl (C=O) groups is 1. The number of rotatable bonds is 3. The van der Waals surface area contributed by atoms with Crippen LogP contribution in [0, 0.1) is 0 Å². The van der Waals surface area contributed by atoms with E-state index in [4.69, 9.17) is 22.1 Å². The smallest absolute Gasteiger partial charge is 0.260 e. The largest absolute Gasteiger partial charge is 0.484 e. The van der Waals surface area contributed by atoms with Crippen molar-refractivity contribution in [1.82, 2.24) is 4.90 Å². The van der Waals surface area contributed by atoms with Crippen LogP contribution in [0.4, 0.5) is 5.69 Å². The van der Waals surface area contributed by atoms with Crippen molar-refractivity contribution in [2.24, 2.45) is 0 Å². The van der Waals surface area contributed by atoms with Crippen LogP contribution in [0.3, 0.4) is 0 Å². The van der Waals surface area contributed by atoms with Gasteiger partial charge in [0.2, 0.25) is 0 Å². The normalized spacial score (nSPS) is 13.6. The second-order valence-electron chi connectivity index (χ2n) is 5.34. The van der Waals surface area contributed by atoms with Crippen LogP contribution >= 0.6 is 11.6 Å². The summed E-state index contributed by atoms with van der Waals surface area (Å²) in [6.07, 6.45) is 0.850. The van der Waals surface area contributed by atoms with Crippen molar-refractivity contribution >= 4 is 23.2 Å². The second-order valence-corrected chi connectivity index (χ2v) is 5.77. The molecule has 0 saturated carbocycles. The fraction of sp³-hybridized carbons (Fsp3) is 0.235. The molecule has 1 aliphatic rings. The van der Waals surface area contributed by atoms with E-state index < -0.39 is 0 Å². The maximum atomic E-state index is 12.3. The second kappa shape index (κ2) is 6.28. The lowest BCUT2D eigenvalue weighted by Crippen LogP contribution is -2.38. The quantitative estimate of drug-likeness (QED) is 0.886. The van der Waals surface area contributed by atoms with Gasteiger partial charge in [0.1, 0.15) is 5.75 Å². The molecule has 0 aromatic heterocycles. The molecular weight excluding hydrogens is 300 g/mol. The number of ether oxygens (including phenoxy) is 1. The number of halogens is 1. The first-order valence-electron chi connectivity index (χ1n) is 7.15. The number of hydrogen-bond acceptors (Lipinski definition) is 3.